The molecule has 0 atom stereocenters. The molecule has 1 aromatic carbocycles. The number of benzene rings is 1. The molecule has 0 radical (unpaired) electrons. The summed E-state index contributed by atoms with van der Waals surface area (Å²) in [7, 11) is 0. The fraction of sp³-hybridized carbons (Fsp3) is 0.250. The average Bonchev–Trinajstić information content (AvgIpc) is 2.50. The number of carbonyl (C=O) groups excluding carboxylic acids is 1. The van der Waals surface area contributed by atoms with E-state index in [1.165, 1.54) is 0 Å². The van der Waals surface area contributed by atoms with E-state index >= 15 is 0 Å². The molecule has 1 N–H and O–H groups in total. The molecule has 20 heavy (non-hydrogen) atoms. The van der Waals surface area contributed by atoms with Gasteiger partial charge in [0.05, 0.1) is 11.9 Å². The van der Waals surface area contributed by atoms with Gasteiger partial charge in [0.25, 0.3) is 5.91 Å². The van der Waals surface area contributed by atoms with Crippen molar-refractivity contribution in [3.05, 3.63) is 54.4 Å². The Morgan fingerprint density at radius 3 is 2.45 bits per heavy atom. The minimum Gasteiger partial charge on any atom is -0.384 e. The lowest BCUT2D eigenvalue weighted by Crippen LogP contribution is -2.31. The van der Waals surface area contributed by atoms with E-state index in [0.717, 1.165) is 17.9 Å². The van der Waals surface area contributed by atoms with Crippen molar-refractivity contribution in [3.63, 3.8) is 0 Å². The van der Waals surface area contributed by atoms with Gasteiger partial charge in [-0.05, 0) is 38.1 Å². The van der Waals surface area contributed by atoms with Gasteiger partial charge in [-0.2, -0.15) is 0 Å². The lowest BCUT2D eigenvalue weighted by atomic mass is 10.2. The van der Waals surface area contributed by atoms with E-state index in [1.807, 2.05) is 50.2 Å². The molecule has 0 fully saturated rings. The molecular weight excluding hydrogens is 250 g/mol. The first-order chi connectivity index (χ1) is 9.76. The lowest BCUT2D eigenvalue weighted by molar-refractivity contribution is 0.0983. The van der Waals surface area contributed by atoms with Crippen LogP contribution < -0.4 is 10.2 Å². The number of hydrogen-bond donors (Lipinski definition) is 1. The van der Waals surface area contributed by atoms with Crippen molar-refractivity contribution in [1.82, 2.24) is 4.98 Å². The molecule has 0 aliphatic heterocycles. The largest absolute Gasteiger partial charge is 0.384 e. The molecule has 0 spiro atoms. The molecule has 2 aromatic rings. The number of anilines is 2. The summed E-state index contributed by atoms with van der Waals surface area (Å²) in [6, 6.07) is 13.3. The zero-order chi connectivity index (χ0) is 14.4. The number of nitrogens with one attached hydrogen (secondary N) is 1. The first-order valence-electron chi connectivity index (χ1n) is 6.83. The fourth-order valence-electron chi connectivity index (χ4n) is 2.02. The summed E-state index contributed by atoms with van der Waals surface area (Å²) in [6.45, 7) is 5.42. The molecule has 4 nitrogen and oxygen atoms in total. The highest BCUT2D eigenvalue weighted by Gasteiger charge is 2.16. The summed E-state index contributed by atoms with van der Waals surface area (Å²) in [4.78, 5) is 18.4. The lowest BCUT2D eigenvalue weighted by Gasteiger charge is -2.20. The van der Waals surface area contributed by atoms with Crippen LogP contribution in [-0.2, 0) is 0 Å². The smallest absolute Gasteiger partial charge is 0.276 e. The number of carbonyl (C=O) groups is 1. The van der Waals surface area contributed by atoms with Gasteiger partial charge in [-0.3, -0.25) is 4.79 Å². The molecular formula is C16H19N3O. The van der Waals surface area contributed by atoms with E-state index in [4.69, 9.17) is 0 Å². The van der Waals surface area contributed by atoms with Crippen LogP contribution in [0.2, 0.25) is 0 Å². The van der Waals surface area contributed by atoms with Crippen LogP contribution in [0, 0.1) is 0 Å². The van der Waals surface area contributed by atoms with Crippen LogP contribution in [0.5, 0.6) is 0 Å². The standard InChI is InChI=1S/C16H19N3O/c1-3-17-13-10-11-15(18-12-13)16(20)19(4-2)14-8-6-5-7-9-14/h5-12,17H,3-4H2,1-2H3. The molecule has 0 saturated heterocycles. The van der Waals surface area contributed by atoms with Crippen LogP contribution in [0.4, 0.5) is 11.4 Å². The first kappa shape index (κ1) is 14.1. The summed E-state index contributed by atoms with van der Waals surface area (Å²) >= 11 is 0. The number of amides is 1. The Balaban J connectivity index is 2.20. The van der Waals surface area contributed by atoms with Crippen molar-refractivity contribution in [3.8, 4) is 0 Å². The summed E-state index contributed by atoms with van der Waals surface area (Å²) in [5, 5.41) is 3.16. The quantitative estimate of drug-likeness (QED) is 0.906. The second-order valence-electron chi connectivity index (χ2n) is 4.35. The number of aromatic nitrogens is 1. The SMILES string of the molecule is CCNc1ccc(C(=O)N(CC)c2ccccc2)nc1. The highest BCUT2D eigenvalue weighted by molar-refractivity contribution is 6.04. The Morgan fingerprint density at radius 2 is 1.90 bits per heavy atom. The molecule has 4 heteroatoms. The zero-order valence-electron chi connectivity index (χ0n) is 11.8. The molecule has 1 heterocycles. The van der Waals surface area contributed by atoms with Gasteiger partial charge in [0.2, 0.25) is 0 Å². The van der Waals surface area contributed by atoms with Crippen LogP contribution in [-0.4, -0.2) is 24.0 Å². The van der Waals surface area contributed by atoms with E-state index in [1.54, 1.807) is 17.2 Å². The molecule has 1 amide bonds. The van der Waals surface area contributed by atoms with Gasteiger partial charge >= 0.3 is 0 Å². The molecule has 0 aliphatic rings. The fourth-order valence-corrected chi connectivity index (χ4v) is 2.02. The maximum Gasteiger partial charge on any atom is 0.276 e. The number of rotatable bonds is 5. The van der Waals surface area contributed by atoms with Crippen molar-refractivity contribution in [2.24, 2.45) is 0 Å². The van der Waals surface area contributed by atoms with Crippen LogP contribution in [0.1, 0.15) is 24.3 Å². The molecule has 104 valence electrons. The number of hydrogen-bond acceptors (Lipinski definition) is 3. The van der Waals surface area contributed by atoms with Crippen molar-refractivity contribution < 1.29 is 4.79 Å². The van der Waals surface area contributed by atoms with Crippen molar-refractivity contribution in [2.75, 3.05) is 23.3 Å². The number of pyridine rings is 1. The van der Waals surface area contributed by atoms with Crippen molar-refractivity contribution >= 4 is 17.3 Å². The molecule has 0 bridgehead atoms. The predicted molar refractivity (Wildman–Crippen MR) is 82.2 cm³/mol. The predicted octanol–water partition coefficient (Wildman–Crippen LogP) is 3.18. The number of para-hydroxylation sites is 1. The Morgan fingerprint density at radius 1 is 1.15 bits per heavy atom. The second kappa shape index (κ2) is 6.70. The summed E-state index contributed by atoms with van der Waals surface area (Å²) in [5.74, 6) is -0.0817. The highest BCUT2D eigenvalue weighted by Crippen LogP contribution is 2.16. The average molecular weight is 269 g/mol. The summed E-state index contributed by atoms with van der Waals surface area (Å²) in [6.07, 6.45) is 1.69. The molecule has 0 unspecified atom stereocenters. The van der Waals surface area contributed by atoms with E-state index in [0.29, 0.717) is 12.2 Å². The molecule has 1 aromatic heterocycles. The minimum absolute atomic E-state index is 0.0817. The molecule has 0 saturated carbocycles. The Kier molecular flexibility index (Phi) is 4.71. The van der Waals surface area contributed by atoms with Crippen LogP contribution in [0.3, 0.4) is 0 Å². The van der Waals surface area contributed by atoms with E-state index in [-0.39, 0.29) is 5.91 Å². The van der Waals surface area contributed by atoms with Gasteiger partial charge < -0.3 is 10.2 Å². The summed E-state index contributed by atoms with van der Waals surface area (Å²) in [5.41, 5.74) is 2.27. The van der Waals surface area contributed by atoms with Crippen LogP contribution >= 0.6 is 0 Å². The normalized spacial score (nSPS) is 10.1. The third-order valence-corrected chi connectivity index (χ3v) is 2.99. The Labute approximate surface area is 119 Å². The third kappa shape index (κ3) is 3.15. The van der Waals surface area contributed by atoms with Crippen LogP contribution in [0.15, 0.2) is 48.7 Å². The minimum atomic E-state index is -0.0817. The van der Waals surface area contributed by atoms with E-state index in [2.05, 4.69) is 10.3 Å². The van der Waals surface area contributed by atoms with Crippen molar-refractivity contribution in [1.29, 1.82) is 0 Å². The van der Waals surface area contributed by atoms with E-state index in [9.17, 15) is 4.79 Å². The Bertz CT molecular complexity index is 552. The number of nitrogens with zero attached hydrogens (tertiary/aromatic N) is 2. The Hall–Kier alpha value is -2.36. The van der Waals surface area contributed by atoms with Gasteiger partial charge in [0.15, 0.2) is 0 Å². The third-order valence-electron chi connectivity index (χ3n) is 2.99. The second-order valence-corrected chi connectivity index (χ2v) is 4.35. The van der Waals surface area contributed by atoms with Gasteiger partial charge in [0, 0.05) is 18.8 Å². The van der Waals surface area contributed by atoms with Crippen LogP contribution in [0.25, 0.3) is 0 Å². The van der Waals surface area contributed by atoms with Crippen molar-refractivity contribution in [2.45, 2.75) is 13.8 Å². The highest BCUT2D eigenvalue weighted by atomic mass is 16.2. The van der Waals surface area contributed by atoms with Gasteiger partial charge in [-0.25, -0.2) is 4.98 Å². The zero-order valence-corrected chi connectivity index (χ0v) is 11.8. The van der Waals surface area contributed by atoms with Gasteiger partial charge in [-0.1, -0.05) is 18.2 Å². The molecule has 2 rings (SSSR count). The molecule has 0 aliphatic carbocycles. The van der Waals surface area contributed by atoms with Gasteiger partial charge in [0.1, 0.15) is 5.69 Å². The topological polar surface area (TPSA) is 45.2 Å². The van der Waals surface area contributed by atoms with Gasteiger partial charge in [-0.15, -0.1) is 0 Å². The summed E-state index contributed by atoms with van der Waals surface area (Å²) < 4.78 is 0. The maximum atomic E-state index is 12.5. The van der Waals surface area contributed by atoms with E-state index < -0.39 is 0 Å². The first-order valence-corrected chi connectivity index (χ1v) is 6.83. The maximum absolute atomic E-state index is 12.5. The monoisotopic (exact) mass is 269 g/mol.